The van der Waals surface area contributed by atoms with E-state index in [2.05, 4.69) is 17.1 Å². The minimum atomic E-state index is -0.0616. The number of allylic oxidation sites excluding steroid dienone is 1. The molecular weight excluding hydrogens is 371 g/mol. The van der Waals surface area contributed by atoms with Crippen molar-refractivity contribution in [1.29, 1.82) is 0 Å². The molecule has 1 N–H and O–H groups in total. The predicted octanol–water partition coefficient (Wildman–Crippen LogP) is 4.99. The van der Waals surface area contributed by atoms with Crippen LogP contribution in [0.4, 0.5) is 0 Å². The monoisotopic (exact) mass is 388 g/mol. The predicted molar refractivity (Wildman–Crippen MR) is 105 cm³/mol. The summed E-state index contributed by atoms with van der Waals surface area (Å²) in [5, 5.41) is 5.16. The van der Waals surface area contributed by atoms with Crippen LogP contribution in [-0.2, 0) is 11.4 Å². The van der Waals surface area contributed by atoms with Gasteiger partial charge in [-0.2, -0.15) is 5.10 Å². The van der Waals surface area contributed by atoms with Crippen LogP contribution in [0, 0.1) is 5.92 Å². The largest absolute Gasteiger partial charge is 0.489 e. The van der Waals surface area contributed by atoms with Gasteiger partial charge in [0.1, 0.15) is 12.4 Å². The van der Waals surface area contributed by atoms with E-state index in [0.717, 1.165) is 29.5 Å². The molecule has 0 heterocycles. The SMILES string of the molecule is C=C1CC(C(=O)NN=Cc2ccc(OCc3ccc(Cl)cc3Cl)cc2)C1. The van der Waals surface area contributed by atoms with Gasteiger partial charge in [0.25, 0.3) is 0 Å². The van der Waals surface area contributed by atoms with Crippen LogP contribution in [0.3, 0.4) is 0 Å². The van der Waals surface area contributed by atoms with E-state index in [4.69, 9.17) is 27.9 Å². The summed E-state index contributed by atoms with van der Waals surface area (Å²) in [6, 6.07) is 12.7. The second-order valence-corrected chi connectivity index (χ2v) is 7.03. The van der Waals surface area contributed by atoms with Crippen molar-refractivity contribution in [1.82, 2.24) is 5.43 Å². The van der Waals surface area contributed by atoms with Crippen molar-refractivity contribution in [2.45, 2.75) is 19.4 Å². The molecule has 0 spiro atoms. The van der Waals surface area contributed by atoms with Crippen LogP contribution in [-0.4, -0.2) is 12.1 Å². The summed E-state index contributed by atoms with van der Waals surface area (Å²) in [4.78, 5) is 11.8. The average molecular weight is 389 g/mol. The molecular formula is C20H18Cl2N2O2. The second kappa shape index (κ2) is 8.39. The maximum atomic E-state index is 11.8. The molecule has 0 unspecified atom stereocenters. The fraction of sp³-hybridized carbons (Fsp3) is 0.200. The minimum Gasteiger partial charge on any atom is -0.489 e. The molecule has 4 nitrogen and oxygen atoms in total. The van der Waals surface area contributed by atoms with E-state index >= 15 is 0 Å². The first-order chi connectivity index (χ1) is 12.5. The highest BCUT2D eigenvalue weighted by molar-refractivity contribution is 6.35. The van der Waals surface area contributed by atoms with Crippen LogP contribution in [0.5, 0.6) is 5.75 Å². The molecule has 0 saturated heterocycles. The van der Waals surface area contributed by atoms with Crippen molar-refractivity contribution in [2.24, 2.45) is 11.0 Å². The number of hydrogen-bond acceptors (Lipinski definition) is 3. The lowest BCUT2D eigenvalue weighted by atomic mass is 9.81. The summed E-state index contributed by atoms with van der Waals surface area (Å²) < 4.78 is 5.72. The number of carbonyl (C=O) groups excluding carboxylic acids is 1. The number of rotatable bonds is 6. The van der Waals surface area contributed by atoms with Crippen LogP contribution in [0.25, 0.3) is 0 Å². The maximum absolute atomic E-state index is 11.8. The molecule has 2 aromatic carbocycles. The Morgan fingerprint density at radius 2 is 1.96 bits per heavy atom. The highest BCUT2D eigenvalue weighted by Gasteiger charge is 2.27. The lowest BCUT2D eigenvalue weighted by Crippen LogP contribution is -2.32. The summed E-state index contributed by atoms with van der Waals surface area (Å²) in [5.74, 6) is 0.661. The lowest BCUT2D eigenvalue weighted by Gasteiger charge is -2.25. The molecule has 0 radical (unpaired) electrons. The fourth-order valence-corrected chi connectivity index (χ4v) is 3.00. The first-order valence-corrected chi connectivity index (χ1v) is 8.93. The third kappa shape index (κ3) is 4.87. The van der Waals surface area contributed by atoms with Gasteiger partial charge in [-0.25, -0.2) is 5.43 Å². The molecule has 0 bridgehead atoms. The molecule has 0 atom stereocenters. The number of ether oxygens (including phenoxy) is 1. The first kappa shape index (κ1) is 18.5. The molecule has 1 fully saturated rings. The molecule has 26 heavy (non-hydrogen) atoms. The van der Waals surface area contributed by atoms with Gasteiger partial charge in [0.05, 0.1) is 6.21 Å². The van der Waals surface area contributed by atoms with Crippen molar-refractivity contribution in [3.63, 3.8) is 0 Å². The Bertz CT molecular complexity index is 839. The molecule has 1 saturated carbocycles. The molecule has 6 heteroatoms. The van der Waals surface area contributed by atoms with Crippen LogP contribution in [0.2, 0.25) is 10.0 Å². The van der Waals surface area contributed by atoms with Crippen molar-refractivity contribution in [3.05, 3.63) is 75.8 Å². The summed E-state index contributed by atoms with van der Waals surface area (Å²) >= 11 is 12.0. The van der Waals surface area contributed by atoms with Crippen molar-refractivity contribution < 1.29 is 9.53 Å². The van der Waals surface area contributed by atoms with Gasteiger partial charge in [0, 0.05) is 21.5 Å². The van der Waals surface area contributed by atoms with Crippen LogP contribution >= 0.6 is 23.2 Å². The summed E-state index contributed by atoms with van der Waals surface area (Å²) in [6.07, 6.45) is 3.11. The van der Waals surface area contributed by atoms with E-state index in [9.17, 15) is 4.79 Å². The van der Waals surface area contributed by atoms with Gasteiger partial charge in [-0.05, 0) is 54.8 Å². The zero-order chi connectivity index (χ0) is 18.5. The van der Waals surface area contributed by atoms with E-state index < -0.39 is 0 Å². The molecule has 2 aromatic rings. The Balaban J connectivity index is 1.49. The van der Waals surface area contributed by atoms with E-state index in [-0.39, 0.29) is 11.8 Å². The average Bonchev–Trinajstić information content (AvgIpc) is 2.59. The first-order valence-electron chi connectivity index (χ1n) is 8.17. The second-order valence-electron chi connectivity index (χ2n) is 6.18. The standard InChI is InChI=1S/C20H18Cl2N2O2/c1-13-8-16(9-13)20(25)24-23-11-14-2-6-18(7-3-14)26-12-15-4-5-17(21)10-19(15)22/h2-7,10-11,16H,1,8-9,12H2,(H,24,25). The van der Waals surface area contributed by atoms with Crippen LogP contribution in [0.1, 0.15) is 24.0 Å². The highest BCUT2D eigenvalue weighted by atomic mass is 35.5. The third-order valence-corrected chi connectivity index (χ3v) is 4.71. The van der Waals surface area contributed by atoms with Gasteiger partial charge >= 0.3 is 0 Å². The number of benzene rings is 2. The Morgan fingerprint density at radius 3 is 2.62 bits per heavy atom. The number of halogens is 2. The summed E-state index contributed by atoms with van der Waals surface area (Å²) in [5.41, 5.74) is 5.40. The number of hydrazone groups is 1. The topological polar surface area (TPSA) is 50.7 Å². The van der Waals surface area contributed by atoms with Gasteiger partial charge in [0.15, 0.2) is 0 Å². The summed E-state index contributed by atoms with van der Waals surface area (Å²) in [6.45, 7) is 4.18. The van der Waals surface area contributed by atoms with Crippen LogP contribution < -0.4 is 10.2 Å². The lowest BCUT2D eigenvalue weighted by molar-refractivity contribution is -0.126. The summed E-state index contributed by atoms with van der Waals surface area (Å²) in [7, 11) is 0. The fourth-order valence-electron chi connectivity index (χ4n) is 2.53. The van der Waals surface area contributed by atoms with E-state index in [0.29, 0.717) is 22.4 Å². The number of nitrogens with one attached hydrogen (secondary N) is 1. The van der Waals surface area contributed by atoms with Crippen molar-refractivity contribution >= 4 is 35.3 Å². The highest BCUT2D eigenvalue weighted by Crippen LogP contribution is 2.31. The van der Waals surface area contributed by atoms with Crippen molar-refractivity contribution in [3.8, 4) is 5.75 Å². The Morgan fingerprint density at radius 1 is 1.23 bits per heavy atom. The number of carbonyl (C=O) groups is 1. The van der Waals surface area contributed by atoms with Gasteiger partial charge in [-0.1, -0.05) is 41.4 Å². The molecule has 0 aliphatic heterocycles. The van der Waals surface area contributed by atoms with Gasteiger partial charge in [0.2, 0.25) is 5.91 Å². The maximum Gasteiger partial charge on any atom is 0.243 e. The van der Waals surface area contributed by atoms with Gasteiger partial charge < -0.3 is 4.74 Å². The van der Waals surface area contributed by atoms with Crippen molar-refractivity contribution in [2.75, 3.05) is 0 Å². The Labute approximate surface area is 162 Å². The zero-order valence-electron chi connectivity index (χ0n) is 14.0. The normalized spacial score (nSPS) is 14.3. The Hall–Kier alpha value is -2.30. The molecule has 1 aliphatic carbocycles. The van der Waals surface area contributed by atoms with Crippen LogP contribution in [0.15, 0.2) is 59.7 Å². The quantitative estimate of drug-likeness (QED) is 0.430. The van der Waals surface area contributed by atoms with Gasteiger partial charge in [-0.3, -0.25) is 4.79 Å². The zero-order valence-corrected chi connectivity index (χ0v) is 15.6. The minimum absolute atomic E-state index is 0.00937. The smallest absolute Gasteiger partial charge is 0.243 e. The van der Waals surface area contributed by atoms with E-state index in [1.807, 2.05) is 30.3 Å². The molecule has 3 rings (SSSR count). The third-order valence-electron chi connectivity index (χ3n) is 4.12. The number of amides is 1. The molecule has 1 aliphatic rings. The molecule has 0 aromatic heterocycles. The number of hydrogen-bond donors (Lipinski definition) is 1. The number of nitrogens with zero attached hydrogens (tertiary/aromatic N) is 1. The molecule has 134 valence electrons. The van der Waals surface area contributed by atoms with Gasteiger partial charge in [-0.15, -0.1) is 0 Å². The Kier molecular flexibility index (Phi) is 5.96. The van der Waals surface area contributed by atoms with E-state index in [1.165, 1.54) is 0 Å². The van der Waals surface area contributed by atoms with E-state index in [1.54, 1.807) is 18.3 Å². The molecule has 1 amide bonds.